The van der Waals surface area contributed by atoms with Gasteiger partial charge in [0, 0.05) is 31.7 Å². The second kappa shape index (κ2) is 5.94. The molecule has 0 amide bonds. The average molecular weight is 283 g/mol. The van der Waals surface area contributed by atoms with Crippen molar-refractivity contribution in [2.24, 2.45) is 0 Å². The molecule has 6 nitrogen and oxygen atoms in total. The van der Waals surface area contributed by atoms with Crippen molar-refractivity contribution >= 4 is 5.82 Å². The van der Waals surface area contributed by atoms with Crippen molar-refractivity contribution in [2.75, 3.05) is 11.9 Å². The molecule has 2 atom stereocenters. The minimum absolute atomic E-state index is 0.0719. The van der Waals surface area contributed by atoms with Crippen molar-refractivity contribution in [1.29, 1.82) is 5.26 Å². The van der Waals surface area contributed by atoms with Crippen molar-refractivity contribution in [3.8, 4) is 6.07 Å². The number of nitriles is 1. The molecule has 108 valence electrons. The standard InChI is InChI=1S/C15H17N5O/c1-2-20-7-6-17-15(20)14-12(5-8-21-14)19-13-4-3-11(9-16)10-18-13/h3-4,6-7,10,12,14H,2,5,8H2,1H3,(H,18,19)/t12-,14-/m0/s1. The molecule has 0 unspecified atom stereocenters. The van der Waals surface area contributed by atoms with E-state index in [4.69, 9.17) is 10.00 Å². The lowest BCUT2D eigenvalue weighted by atomic mass is 10.1. The molecule has 3 heterocycles. The lowest BCUT2D eigenvalue weighted by molar-refractivity contribution is 0.0976. The molecule has 2 aromatic heterocycles. The van der Waals surface area contributed by atoms with E-state index in [9.17, 15) is 0 Å². The van der Waals surface area contributed by atoms with Crippen LogP contribution < -0.4 is 5.32 Å². The monoisotopic (exact) mass is 283 g/mol. The summed E-state index contributed by atoms with van der Waals surface area (Å²) in [6.07, 6.45) is 6.17. The summed E-state index contributed by atoms with van der Waals surface area (Å²) >= 11 is 0. The zero-order valence-electron chi connectivity index (χ0n) is 11.9. The Morgan fingerprint density at radius 2 is 2.38 bits per heavy atom. The van der Waals surface area contributed by atoms with Crippen LogP contribution in [0.5, 0.6) is 0 Å². The highest BCUT2D eigenvalue weighted by Gasteiger charge is 2.32. The summed E-state index contributed by atoms with van der Waals surface area (Å²) in [5.41, 5.74) is 0.557. The van der Waals surface area contributed by atoms with E-state index in [-0.39, 0.29) is 12.1 Å². The molecule has 6 heteroatoms. The van der Waals surface area contributed by atoms with Crippen LogP contribution in [-0.4, -0.2) is 27.2 Å². The van der Waals surface area contributed by atoms with E-state index in [1.54, 1.807) is 18.5 Å². The fourth-order valence-electron chi connectivity index (χ4n) is 2.57. The molecule has 1 fully saturated rings. The molecular weight excluding hydrogens is 266 g/mol. The maximum absolute atomic E-state index is 8.80. The first-order valence-electron chi connectivity index (χ1n) is 7.07. The van der Waals surface area contributed by atoms with Gasteiger partial charge in [-0.1, -0.05) is 0 Å². The number of ether oxygens (including phenoxy) is 1. The third kappa shape index (κ3) is 2.73. The molecule has 1 aliphatic rings. The van der Waals surface area contributed by atoms with E-state index in [0.29, 0.717) is 12.2 Å². The number of nitrogens with one attached hydrogen (secondary N) is 1. The van der Waals surface area contributed by atoms with Crippen LogP contribution in [0.15, 0.2) is 30.7 Å². The molecule has 3 rings (SSSR count). The quantitative estimate of drug-likeness (QED) is 0.930. The first-order chi connectivity index (χ1) is 10.3. The van der Waals surface area contributed by atoms with Gasteiger partial charge in [0.15, 0.2) is 0 Å². The Morgan fingerprint density at radius 3 is 3.10 bits per heavy atom. The third-order valence-corrected chi connectivity index (χ3v) is 3.66. The summed E-state index contributed by atoms with van der Waals surface area (Å²) < 4.78 is 7.94. The molecule has 0 bridgehead atoms. The van der Waals surface area contributed by atoms with Gasteiger partial charge in [0.25, 0.3) is 0 Å². The predicted molar refractivity (Wildman–Crippen MR) is 77.6 cm³/mol. The average Bonchev–Trinajstić information content (AvgIpc) is 3.16. The molecule has 1 saturated heterocycles. The van der Waals surface area contributed by atoms with Crippen molar-refractivity contribution < 1.29 is 4.74 Å². The van der Waals surface area contributed by atoms with Crippen LogP contribution >= 0.6 is 0 Å². The minimum Gasteiger partial charge on any atom is -0.368 e. The van der Waals surface area contributed by atoms with E-state index < -0.39 is 0 Å². The van der Waals surface area contributed by atoms with E-state index in [2.05, 4.69) is 32.8 Å². The number of aryl methyl sites for hydroxylation is 1. The number of hydrogen-bond donors (Lipinski definition) is 1. The second-order valence-corrected chi connectivity index (χ2v) is 4.95. The van der Waals surface area contributed by atoms with Crippen LogP contribution in [0.1, 0.15) is 30.8 Å². The minimum atomic E-state index is -0.0719. The Labute approximate surface area is 123 Å². The fourth-order valence-corrected chi connectivity index (χ4v) is 2.57. The van der Waals surface area contributed by atoms with E-state index in [1.165, 1.54) is 0 Å². The molecule has 0 aliphatic carbocycles. The van der Waals surface area contributed by atoms with E-state index in [0.717, 1.165) is 24.6 Å². The number of nitrogens with zero attached hydrogens (tertiary/aromatic N) is 4. The van der Waals surface area contributed by atoms with E-state index in [1.807, 2.05) is 12.3 Å². The van der Waals surface area contributed by atoms with Gasteiger partial charge >= 0.3 is 0 Å². The zero-order chi connectivity index (χ0) is 14.7. The van der Waals surface area contributed by atoms with Crippen LogP contribution in [0.2, 0.25) is 0 Å². The number of pyridine rings is 1. The number of aromatic nitrogens is 3. The van der Waals surface area contributed by atoms with Gasteiger partial charge in [-0.2, -0.15) is 5.26 Å². The van der Waals surface area contributed by atoms with Crippen molar-refractivity contribution in [1.82, 2.24) is 14.5 Å². The highest BCUT2D eigenvalue weighted by Crippen LogP contribution is 2.30. The highest BCUT2D eigenvalue weighted by atomic mass is 16.5. The predicted octanol–water partition coefficient (Wildman–Crippen LogP) is 2.11. The van der Waals surface area contributed by atoms with E-state index >= 15 is 0 Å². The van der Waals surface area contributed by atoms with Crippen LogP contribution in [0.3, 0.4) is 0 Å². The highest BCUT2D eigenvalue weighted by molar-refractivity contribution is 5.40. The Kier molecular flexibility index (Phi) is 3.84. The summed E-state index contributed by atoms with van der Waals surface area (Å²) in [5.74, 6) is 1.70. The van der Waals surface area contributed by atoms with Crippen molar-refractivity contribution in [3.05, 3.63) is 42.1 Å². The molecule has 1 aliphatic heterocycles. The lowest BCUT2D eigenvalue weighted by Gasteiger charge is -2.20. The van der Waals surface area contributed by atoms with Crippen molar-refractivity contribution in [3.63, 3.8) is 0 Å². The molecular formula is C15H17N5O. The van der Waals surface area contributed by atoms with Gasteiger partial charge in [0.1, 0.15) is 23.8 Å². The third-order valence-electron chi connectivity index (χ3n) is 3.66. The Balaban J connectivity index is 1.76. The molecule has 0 spiro atoms. The molecule has 0 saturated carbocycles. The maximum atomic E-state index is 8.80. The Morgan fingerprint density at radius 1 is 1.48 bits per heavy atom. The zero-order valence-corrected chi connectivity index (χ0v) is 11.9. The van der Waals surface area contributed by atoms with Gasteiger partial charge in [0.05, 0.1) is 11.6 Å². The molecule has 21 heavy (non-hydrogen) atoms. The van der Waals surface area contributed by atoms with Crippen LogP contribution in [0.25, 0.3) is 0 Å². The molecule has 2 aromatic rings. The van der Waals surface area contributed by atoms with Crippen LogP contribution in [-0.2, 0) is 11.3 Å². The Bertz CT molecular complexity index is 643. The first-order valence-corrected chi connectivity index (χ1v) is 7.07. The van der Waals surface area contributed by atoms with Gasteiger partial charge in [-0.3, -0.25) is 0 Å². The number of anilines is 1. The number of rotatable bonds is 4. The molecule has 1 N–H and O–H groups in total. The first kappa shape index (κ1) is 13.6. The van der Waals surface area contributed by atoms with Gasteiger partial charge < -0.3 is 14.6 Å². The summed E-state index contributed by atoms with van der Waals surface area (Å²) in [7, 11) is 0. The summed E-state index contributed by atoms with van der Waals surface area (Å²) in [4.78, 5) is 8.68. The molecule has 0 radical (unpaired) electrons. The number of hydrogen-bond acceptors (Lipinski definition) is 5. The summed E-state index contributed by atoms with van der Waals surface area (Å²) in [6.45, 7) is 3.66. The molecule has 0 aromatic carbocycles. The van der Waals surface area contributed by atoms with Gasteiger partial charge in [0.2, 0.25) is 0 Å². The largest absolute Gasteiger partial charge is 0.368 e. The lowest BCUT2D eigenvalue weighted by Crippen LogP contribution is -2.26. The number of imidazole rings is 1. The summed E-state index contributed by atoms with van der Waals surface area (Å²) in [5, 5.41) is 12.2. The van der Waals surface area contributed by atoms with Gasteiger partial charge in [-0.05, 0) is 25.5 Å². The topological polar surface area (TPSA) is 75.8 Å². The van der Waals surface area contributed by atoms with Gasteiger partial charge in [-0.25, -0.2) is 9.97 Å². The SMILES string of the molecule is CCn1ccnc1[C@H]1OCC[C@@H]1Nc1ccc(C#N)cn1. The van der Waals surface area contributed by atoms with Crippen LogP contribution in [0, 0.1) is 11.3 Å². The van der Waals surface area contributed by atoms with Crippen molar-refractivity contribution in [2.45, 2.75) is 32.0 Å². The maximum Gasteiger partial charge on any atom is 0.140 e. The smallest absolute Gasteiger partial charge is 0.140 e. The fraction of sp³-hybridized carbons (Fsp3) is 0.400. The van der Waals surface area contributed by atoms with Gasteiger partial charge in [-0.15, -0.1) is 0 Å². The normalized spacial score (nSPS) is 21.1. The van der Waals surface area contributed by atoms with Crippen LogP contribution in [0.4, 0.5) is 5.82 Å². The second-order valence-electron chi connectivity index (χ2n) is 4.95. The Hall–Kier alpha value is -2.39. The summed E-state index contributed by atoms with van der Waals surface area (Å²) in [6, 6.07) is 5.78.